The number of nitrogens with zero attached hydrogens (tertiary/aromatic N) is 5. The van der Waals surface area contributed by atoms with Crippen LogP contribution in [0.3, 0.4) is 0 Å². The number of ether oxygens (including phenoxy) is 1. The van der Waals surface area contributed by atoms with Crippen LogP contribution in [0.25, 0.3) is 5.57 Å². The van der Waals surface area contributed by atoms with E-state index < -0.39 is 5.56 Å². The van der Waals surface area contributed by atoms with Crippen molar-refractivity contribution in [3.63, 3.8) is 0 Å². The van der Waals surface area contributed by atoms with Gasteiger partial charge in [-0.25, -0.2) is 10.1 Å². The fourth-order valence-corrected chi connectivity index (χ4v) is 3.84. The van der Waals surface area contributed by atoms with Crippen molar-refractivity contribution in [2.45, 2.75) is 31.8 Å². The number of H-pyrrole nitrogens is 1. The molecule has 146 valence electrons. The number of aromatic amines is 1. The fraction of sp³-hybridized carbons (Fsp3) is 0.381. The normalized spacial score (nSPS) is 21.2. The molecular formula is C21H20N6O2. The molecule has 1 saturated heterocycles. The third kappa shape index (κ3) is 3.97. The van der Waals surface area contributed by atoms with Crippen molar-refractivity contribution in [3.05, 3.63) is 52.1 Å². The summed E-state index contributed by atoms with van der Waals surface area (Å²) >= 11 is 0. The summed E-state index contributed by atoms with van der Waals surface area (Å²) in [6.07, 6.45) is 8.59. The summed E-state index contributed by atoms with van der Waals surface area (Å²) in [5.74, 6) is 0.668. The molecule has 0 radical (unpaired) electrons. The average molecular weight is 388 g/mol. The molecular weight excluding hydrogens is 368 g/mol. The Morgan fingerprint density at radius 2 is 2.21 bits per heavy atom. The van der Waals surface area contributed by atoms with Crippen LogP contribution in [0.15, 0.2) is 35.4 Å². The van der Waals surface area contributed by atoms with Crippen molar-refractivity contribution >= 4 is 11.3 Å². The number of hydrogen-bond acceptors (Lipinski definition) is 7. The lowest BCUT2D eigenvalue weighted by atomic mass is 9.88. The van der Waals surface area contributed by atoms with Crippen LogP contribution in [0.4, 0.5) is 5.69 Å². The zero-order valence-electron chi connectivity index (χ0n) is 15.8. The number of allylic oxidation sites excluding steroid dienone is 2. The first kappa shape index (κ1) is 18.7. The molecule has 0 spiro atoms. The largest absolute Gasteiger partial charge is 0.472 e. The van der Waals surface area contributed by atoms with Crippen molar-refractivity contribution in [2.75, 3.05) is 18.0 Å². The molecule has 2 atom stereocenters. The average Bonchev–Trinajstić information content (AvgIpc) is 3.22. The molecule has 1 fully saturated rings. The quantitative estimate of drug-likeness (QED) is 0.854. The van der Waals surface area contributed by atoms with Gasteiger partial charge in [0.1, 0.15) is 17.7 Å². The highest BCUT2D eigenvalue weighted by molar-refractivity contribution is 5.67. The van der Waals surface area contributed by atoms with Crippen LogP contribution in [0.1, 0.15) is 36.8 Å². The summed E-state index contributed by atoms with van der Waals surface area (Å²) in [5.41, 5.74) is 2.42. The summed E-state index contributed by atoms with van der Waals surface area (Å²) in [5, 5.41) is 24.4. The van der Waals surface area contributed by atoms with Gasteiger partial charge in [0.2, 0.25) is 5.88 Å². The van der Waals surface area contributed by atoms with E-state index in [1.165, 1.54) is 11.8 Å². The van der Waals surface area contributed by atoms with Crippen LogP contribution in [0.5, 0.6) is 5.88 Å². The minimum absolute atomic E-state index is 0.0701. The van der Waals surface area contributed by atoms with E-state index in [9.17, 15) is 10.1 Å². The lowest BCUT2D eigenvalue weighted by Crippen LogP contribution is -2.27. The zero-order chi connectivity index (χ0) is 20.2. The number of aromatic nitrogens is 3. The summed E-state index contributed by atoms with van der Waals surface area (Å²) in [7, 11) is 0. The van der Waals surface area contributed by atoms with Crippen LogP contribution < -0.4 is 15.2 Å². The number of rotatable bonds is 4. The van der Waals surface area contributed by atoms with Crippen molar-refractivity contribution in [1.82, 2.24) is 15.2 Å². The van der Waals surface area contributed by atoms with E-state index in [2.05, 4.69) is 27.3 Å². The van der Waals surface area contributed by atoms with Gasteiger partial charge in [-0.3, -0.25) is 4.79 Å². The first-order valence-corrected chi connectivity index (χ1v) is 9.62. The van der Waals surface area contributed by atoms with E-state index in [0.29, 0.717) is 24.7 Å². The molecule has 1 unspecified atom stereocenters. The maximum absolute atomic E-state index is 11.8. The minimum Gasteiger partial charge on any atom is -0.472 e. The van der Waals surface area contributed by atoms with Gasteiger partial charge in [0.05, 0.1) is 30.4 Å². The van der Waals surface area contributed by atoms with Gasteiger partial charge < -0.3 is 9.64 Å². The Morgan fingerprint density at radius 3 is 2.97 bits per heavy atom. The summed E-state index contributed by atoms with van der Waals surface area (Å²) in [6, 6.07) is 8.19. The second-order valence-electron chi connectivity index (χ2n) is 7.26. The Hall–Kier alpha value is -3.65. The van der Waals surface area contributed by atoms with E-state index in [1.54, 1.807) is 6.20 Å². The van der Waals surface area contributed by atoms with Crippen LogP contribution in [-0.2, 0) is 0 Å². The Kier molecular flexibility index (Phi) is 5.26. The van der Waals surface area contributed by atoms with Crippen molar-refractivity contribution in [3.8, 4) is 18.0 Å². The lowest BCUT2D eigenvalue weighted by molar-refractivity contribution is 0.216. The predicted molar refractivity (Wildman–Crippen MR) is 106 cm³/mol. The first-order chi connectivity index (χ1) is 14.2. The highest BCUT2D eigenvalue weighted by Crippen LogP contribution is 2.31. The molecule has 0 bridgehead atoms. The maximum atomic E-state index is 11.8. The second-order valence-corrected chi connectivity index (χ2v) is 7.26. The molecule has 2 aliphatic rings. The molecule has 2 aromatic heterocycles. The summed E-state index contributed by atoms with van der Waals surface area (Å²) in [6.45, 7) is 1.23. The van der Waals surface area contributed by atoms with E-state index in [-0.39, 0.29) is 17.6 Å². The van der Waals surface area contributed by atoms with E-state index in [4.69, 9.17) is 10.00 Å². The number of nitriles is 2. The first-order valence-electron chi connectivity index (χ1n) is 9.62. The van der Waals surface area contributed by atoms with Crippen LogP contribution in [0.2, 0.25) is 0 Å². The maximum Gasteiger partial charge on any atom is 0.284 e. The molecule has 2 aromatic rings. The van der Waals surface area contributed by atoms with E-state index in [0.717, 1.165) is 31.2 Å². The van der Waals surface area contributed by atoms with Gasteiger partial charge in [0, 0.05) is 25.2 Å². The number of pyridine rings is 1. The third-order valence-corrected chi connectivity index (χ3v) is 5.42. The third-order valence-electron chi connectivity index (χ3n) is 5.42. The molecule has 8 heteroatoms. The molecule has 4 rings (SSSR count). The molecule has 3 heterocycles. The van der Waals surface area contributed by atoms with Gasteiger partial charge in [0.25, 0.3) is 5.56 Å². The van der Waals surface area contributed by atoms with Crippen LogP contribution in [0, 0.1) is 28.6 Å². The standard InChI is InChI=1S/C21H20N6O2/c22-10-14-1-3-15(4-2-14)16-5-7-24-20(9-16)29-17-6-8-27(13-17)19-12-25-26-21(28)18(19)11-23/h3,5,7,9,12,14,17H,1-2,4,6,8,13H2,(H,26,28)/t14?,17-/m1/s1. The molecule has 1 aliphatic heterocycles. The molecule has 0 amide bonds. The van der Waals surface area contributed by atoms with Gasteiger partial charge in [-0.1, -0.05) is 6.08 Å². The molecule has 8 nitrogen and oxygen atoms in total. The predicted octanol–water partition coefficient (Wildman–Crippen LogP) is 2.40. The van der Waals surface area contributed by atoms with Gasteiger partial charge >= 0.3 is 0 Å². The minimum atomic E-state index is -0.483. The Balaban J connectivity index is 1.45. The monoisotopic (exact) mass is 388 g/mol. The lowest BCUT2D eigenvalue weighted by Gasteiger charge is -2.19. The topological polar surface area (TPSA) is 119 Å². The summed E-state index contributed by atoms with van der Waals surface area (Å²) in [4.78, 5) is 18.1. The Morgan fingerprint density at radius 1 is 1.31 bits per heavy atom. The van der Waals surface area contributed by atoms with Crippen molar-refractivity contribution in [2.24, 2.45) is 5.92 Å². The number of nitrogens with one attached hydrogen (secondary N) is 1. The number of hydrogen-bond donors (Lipinski definition) is 1. The van der Waals surface area contributed by atoms with Gasteiger partial charge in [-0.2, -0.15) is 15.6 Å². The van der Waals surface area contributed by atoms with Gasteiger partial charge in [0.15, 0.2) is 0 Å². The Labute approximate surface area is 168 Å². The smallest absolute Gasteiger partial charge is 0.284 e. The van der Waals surface area contributed by atoms with Crippen molar-refractivity contribution < 1.29 is 4.74 Å². The Bertz CT molecular complexity index is 1080. The number of anilines is 1. The van der Waals surface area contributed by atoms with E-state index >= 15 is 0 Å². The second kappa shape index (κ2) is 8.15. The molecule has 1 aliphatic carbocycles. The van der Waals surface area contributed by atoms with Gasteiger partial charge in [-0.15, -0.1) is 0 Å². The highest BCUT2D eigenvalue weighted by Gasteiger charge is 2.27. The molecule has 29 heavy (non-hydrogen) atoms. The molecule has 1 N–H and O–H groups in total. The zero-order valence-corrected chi connectivity index (χ0v) is 15.8. The van der Waals surface area contributed by atoms with Crippen molar-refractivity contribution in [1.29, 1.82) is 10.5 Å². The molecule has 0 saturated carbocycles. The summed E-state index contributed by atoms with van der Waals surface area (Å²) < 4.78 is 6.08. The van der Waals surface area contributed by atoms with Gasteiger partial charge in [-0.05, 0) is 36.5 Å². The highest BCUT2D eigenvalue weighted by atomic mass is 16.5. The SMILES string of the molecule is N#Cc1c(N2CC[C@@H](Oc3cc(C4=CCC(C#N)CC4)ccn3)C2)cn[nH]c1=O. The molecule has 0 aromatic carbocycles. The van der Waals surface area contributed by atoms with E-state index in [1.807, 2.05) is 23.1 Å². The van der Waals surface area contributed by atoms with Crippen LogP contribution >= 0.6 is 0 Å². The van der Waals surface area contributed by atoms with Crippen LogP contribution in [-0.4, -0.2) is 34.4 Å². The fourth-order valence-electron chi connectivity index (χ4n) is 3.84.